The van der Waals surface area contributed by atoms with Gasteiger partial charge in [0.15, 0.2) is 0 Å². The summed E-state index contributed by atoms with van der Waals surface area (Å²) >= 11 is 0. The summed E-state index contributed by atoms with van der Waals surface area (Å²) in [5.41, 5.74) is 0. The fraction of sp³-hybridized carbons (Fsp3) is 0.900. The van der Waals surface area contributed by atoms with Crippen LogP contribution in [-0.2, 0) is 0 Å². The van der Waals surface area contributed by atoms with Crippen molar-refractivity contribution in [3.05, 3.63) is 0 Å². The number of hydrogen-bond acceptors (Lipinski definition) is 3. The summed E-state index contributed by atoms with van der Waals surface area (Å²) in [5.74, 6) is 1.67. The Morgan fingerprint density at radius 2 is 2.38 bits per heavy atom. The standard InChI is InChI=1S/C10H17N3/c1-8-10-6-12-5-9(10)7-13(8)4-2-3-11/h8-10,12H,2,4-7H2,1H3. The number of fused-ring (bicyclic) bond motifs is 1. The summed E-state index contributed by atoms with van der Waals surface area (Å²) < 4.78 is 0. The van der Waals surface area contributed by atoms with Gasteiger partial charge in [-0.1, -0.05) is 0 Å². The van der Waals surface area contributed by atoms with Crippen LogP contribution < -0.4 is 5.32 Å². The minimum Gasteiger partial charge on any atom is -0.316 e. The maximum absolute atomic E-state index is 8.53. The molecule has 0 aromatic carbocycles. The lowest BCUT2D eigenvalue weighted by molar-refractivity contribution is 0.245. The molecule has 0 spiro atoms. The van der Waals surface area contributed by atoms with Crippen LogP contribution >= 0.6 is 0 Å². The number of rotatable bonds is 2. The lowest BCUT2D eigenvalue weighted by Crippen LogP contribution is -2.33. The molecule has 2 heterocycles. The third kappa shape index (κ3) is 1.56. The summed E-state index contributed by atoms with van der Waals surface area (Å²) in [6.07, 6.45) is 0.678. The largest absolute Gasteiger partial charge is 0.316 e. The van der Waals surface area contributed by atoms with Crippen LogP contribution in [0.15, 0.2) is 0 Å². The lowest BCUT2D eigenvalue weighted by Gasteiger charge is -2.22. The molecule has 0 aromatic heterocycles. The Labute approximate surface area is 79.7 Å². The average Bonchev–Trinajstić information content (AvgIpc) is 2.67. The Morgan fingerprint density at radius 3 is 3.08 bits per heavy atom. The Bertz CT molecular complexity index is 221. The number of nitrogens with zero attached hydrogens (tertiary/aromatic N) is 2. The molecule has 3 nitrogen and oxygen atoms in total. The SMILES string of the molecule is CC1C2CNCC2CN1CCC#N. The van der Waals surface area contributed by atoms with Crippen molar-refractivity contribution in [1.82, 2.24) is 10.2 Å². The molecule has 1 N–H and O–H groups in total. The molecule has 2 rings (SSSR count). The van der Waals surface area contributed by atoms with Gasteiger partial charge in [-0.25, -0.2) is 0 Å². The zero-order valence-corrected chi connectivity index (χ0v) is 8.16. The van der Waals surface area contributed by atoms with Crippen LogP contribution in [0.4, 0.5) is 0 Å². The van der Waals surface area contributed by atoms with E-state index >= 15 is 0 Å². The Balaban J connectivity index is 1.91. The van der Waals surface area contributed by atoms with Crippen molar-refractivity contribution < 1.29 is 0 Å². The van der Waals surface area contributed by atoms with E-state index in [2.05, 4.69) is 23.2 Å². The van der Waals surface area contributed by atoms with Crippen molar-refractivity contribution in [1.29, 1.82) is 5.26 Å². The van der Waals surface area contributed by atoms with Crippen molar-refractivity contribution in [2.75, 3.05) is 26.2 Å². The highest BCUT2D eigenvalue weighted by Crippen LogP contribution is 2.31. The van der Waals surface area contributed by atoms with Gasteiger partial charge in [-0.05, 0) is 31.8 Å². The Hall–Kier alpha value is -0.590. The maximum atomic E-state index is 8.53. The van der Waals surface area contributed by atoms with E-state index in [4.69, 9.17) is 5.26 Å². The Morgan fingerprint density at radius 1 is 1.54 bits per heavy atom. The van der Waals surface area contributed by atoms with E-state index in [0.717, 1.165) is 18.4 Å². The van der Waals surface area contributed by atoms with Gasteiger partial charge in [-0.2, -0.15) is 5.26 Å². The second-order valence-electron chi connectivity index (χ2n) is 4.23. The molecule has 2 saturated heterocycles. The minimum atomic E-state index is 0.674. The molecular formula is C10H17N3. The molecule has 3 unspecified atom stereocenters. The summed E-state index contributed by atoms with van der Waals surface area (Å²) in [6.45, 7) is 6.81. The van der Waals surface area contributed by atoms with Gasteiger partial charge in [-0.15, -0.1) is 0 Å². The summed E-state index contributed by atoms with van der Waals surface area (Å²) in [7, 11) is 0. The monoisotopic (exact) mass is 179 g/mol. The van der Waals surface area contributed by atoms with E-state index in [9.17, 15) is 0 Å². The zero-order valence-electron chi connectivity index (χ0n) is 8.16. The van der Waals surface area contributed by atoms with Crippen LogP contribution in [0.5, 0.6) is 0 Å². The van der Waals surface area contributed by atoms with E-state index in [1.54, 1.807) is 0 Å². The third-order valence-corrected chi connectivity index (χ3v) is 3.57. The predicted octanol–water partition coefficient (Wildman–Crippen LogP) is 0.440. The molecule has 2 aliphatic rings. The van der Waals surface area contributed by atoms with Crippen molar-refractivity contribution in [2.24, 2.45) is 11.8 Å². The van der Waals surface area contributed by atoms with Crippen LogP contribution in [0.25, 0.3) is 0 Å². The number of nitrogens with one attached hydrogen (secondary N) is 1. The Kier molecular flexibility index (Phi) is 2.52. The quantitative estimate of drug-likeness (QED) is 0.668. The molecule has 3 atom stereocenters. The summed E-state index contributed by atoms with van der Waals surface area (Å²) in [5, 5.41) is 12.0. The second kappa shape index (κ2) is 3.65. The molecule has 0 saturated carbocycles. The molecule has 0 aliphatic carbocycles. The minimum absolute atomic E-state index is 0.674. The fourth-order valence-corrected chi connectivity index (χ4v) is 2.74. The van der Waals surface area contributed by atoms with Crippen molar-refractivity contribution in [3.63, 3.8) is 0 Å². The number of nitriles is 1. The third-order valence-electron chi connectivity index (χ3n) is 3.57. The number of hydrogen-bond donors (Lipinski definition) is 1. The van der Waals surface area contributed by atoms with Gasteiger partial charge in [0.2, 0.25) is 0 Å². The first-order valence-electron chi connectivity index (χ1n) is 5.14. The van der Waals surface area contributed by atoms with Crippen molar-refractivity contribution in [2.45, 2.75) is 19.4 Å². The van der Waals surface area contributed by atoms with Gasteiger partial charge in [0.05, 0.1) is 6.07 Å². The smallest absolute Gasteiger partial charge is 0.0635 e. The van der Waals surface area contributed by atoms with E-state index in [0.29, 0.717) is 12.5 Å². The summed E-state index contributed by atoms with van der Waals surface area (Å²) in [4.78, 5) is 2.47. The molecule has 2 fully saturated rings. The zero-order chi connectivity index (χ0) is 9.26. The topological polar surface area (TPSA) is 39.1 Å². The molecule has 0 bridgehead atoms. The first kappa shape index (κ1) is 8.98. The van der Waals surface area contributed by atoms with Gasteiger partial charge in [0, 0.05) is 25.6 Å². The van der Waals surface area contributed by atoms with E-state index in [1.165, 1.54) is 19.6 Å². The van der Waals surface area contributed by atoms with Gasteiger partial charge < -0.3 is 5.32 Å². The lowest BCUT2D eigenvalue weighted by atomic mass is 9.95. The van der Waals surface area contributed by atoms with E-state index < -0.39 is 0 Å². The summed E-state index contributed by atoms with van der Waals surface area (Å²) in [6, 6.07) is 2.90. The van der Waals surface area contributed by atoms with Crippen molar-refractivity contribution in [3.8, 4) is 6.07 Å². The van der Waals surface area contributed by atoms with Crippen LogP contribution in [0, 0.1) is 23.2 Å². The molecule has 2 aliphatic heterocycles. The van der Waals surface area contributed by atoms with E-state index in [1.807, 2.05) is 0 Å². The van der Waals surface area contributed by atoms with Gasteiger partial charge in [0.1, 0.15) is 0 Å². The highest BCUT2D eigenvalue weighted by atomic mass is 15.2. The van der Waals surface area contributed by atoms with Crippen LogP contribution in [0.2, 0.25) is 0 Å². The van der Waals surface area contributed by atoms with Gasteiger partial charge in [0.25, 0.3) is 0 Å². The highest BCUT2D eigenvalue weighted by molar-refractivity contribution is 4.96. The molecule has 0 aromatic rings. The predicted molar refractivity (Wildman–Crippen MR) is 51.1 cm³/mol. The maximum Gasteiger partial charge on any atom is 0.0635 e. The normalized spacial score (nSPS) is 38.9. The number of likely N-dealkylation sites (tertiary alicyclic amines) is 1. The molecule has 3 heteroatoms. The van der Waals surface area contributed by atoms with Crippen LogP contribution in [0.1, 0.15) is 13.3 Å². The van der Waals surface area contributed by atoms with Crippen LogP contribution in [-0.4, -0.2) is 37.1 Å². The fourth-order valence-electron chi connectivity index (χ4n) is 2.74. The molecule has 0 amide bonds. The molecule has 0 radical (unpaired) electrons. The molecule has 13 heavy (non-hydrogen) atoms. The van der Waals surface area contributed by atoms with Crippen LogP contribution in [0.3, 0.4) is 0 Å². The van der Waals surface area contributed by atoms with E-state index in [-0.39, 0.29) is 0 Å². The van der Waals surface area contributed by atoms with Gasteiger partial charge >= 0.3 is 0 Å². The van der Waals surface area contributed by atoms with Crippen molar-refractivity contribution >= 4 is 0 Å². The molecular weight excluding hydrogens is 162 g/mol. The highest BCUT2D eigenvalue weighted by Gasteiger charge is 2.41. The average molecular weight is 179 g/mol. The first-order valence-corrected chi connectivity index (χ1v) is 5.14. The molecule has 72 valence electrons. The first-order chi connectivity index (χ1) is 6.33. The van der Waals surface area contributed by atoms with Gasteiger partial charge in [-0.3, -0.25) is 4.90 Å². The second-order valence-corrected chi connectivity index (χ2v) is 4.23.